The molecule has 64 heavy (non-hydrogen) atoms. The van der Waals surface area contributed by atoms with E-state index < -0.39 is 20.0 Å². The third-order valence-corrected chi connectivity index (χ3v) is 13.4. The Morgan fingerprint density at radius 1 is 0.547 bits per heavy atom. The predicted octanol–water partition coefficient (Wildman–Crippen LogP) is 16.2. The first kappa shape index (κ1) is 62.7. The van der Waals surface area contributed by atoms with Crippen LogP contribution < -0.4 is 5.32 Å². The maximum Gasteiger partial charge on any atom is 0.472 e. The van der Waals surface area contributed by atoms with Crippen LogP contribution in [0.25, 0.3) is 0 Å². The summed E-state index contributed by atoms with van der Waals surface area (Å²) in [5.74, 6) is -0.159. The number of aliphatic hydroxyl groups is 1. The van der Waals surface area contributed by atoms with Gasteiger partial charge >= 0.3 is 7.82 Å². The molecule has 0 aromatic carbocycles. The number of hydrogen-bond donors (Lipinski definition) is 3. The van der Waals surface area contributed by atoms with Crippen LogP contribution >= 0.6 is 7.82 Å². The Hall–Kier alpha value is -1.28. The average molecular weight is 924 g/mol. The van der Waals surface area contributed by atoms with Crippen molar-refractivity contribution < 1.29 is 32.9 Å². The number of rotatable bonds is 50. The van der Waals surface area contributed by atoms with Crippen LogP contribution in [-0.2, 0) is 18.4 Å². The van der Waals surface area contributed by atoms with Gasteiger partial charge in [-0.25, -0.2) is 4.57 Å². The van der Waals surface area contributed by atoms with Gasteiger partial charge in [0.15, 0.2) is 0 Å². The molecular formula is C55H108N2O6P+. The summed E-state index contributed by atoms with van der Waals surface area (Å²) in [4.78, 5) is 23.2. The largest absolute Gasteiger partial charge is 0.472 e. The van der Waals surface area contributed by atoms with Crippen molar-refractivity contribution in [3.8, 4) is 0 Å². The normalized spacial score (nSPS) is 14.3. The first-order chi connectivity index (χ1) is 31.0. The third-order valence-electron chi connectivity index (χ3n) is 12.4. The number of nitrogens with one attached hydrogen (secondary N) is 1. The van der Waals surface area contributed by atoms with E-state index in [1.54, 1.807) is 0 Å². The van der Waals surface area contributed by atoms with Gasteiger partial charge in [-0.2, -0.15) is 0 Å². The van der Waals surface area contributed by atoms with Crippen LogP contribution in [0.5, 0.6) is 0 Å². The molecule has 0 bridgehead atoms. The highest BCUT2D eigenvalue weighted by Gasteiger charge is 2.28. The number of likely N-dealkylation sites (N-methyl/N-ethyl adjacent to an activating group) is 1. The van der Waals surface area contributed by atoms with Crippen LogP contribution in [0.2, 0.25) is 0 Å². The molecule has 8 nitrogen and oxygen atoms in total. The number of phosphoric acid groups is 1. The number of amides is 1. The zero-order valence-corrected chi connectivity index (χ0v) is 43.9. The van der Waals surface area contributed by atoms with Crippen molar-refractivity contribution in [3.63, 3.8) is 0 Å². The van der Waals surface area contributed by atoms with Gasteiger partial charge in [-0.15, -0.1) is 0 Å². The summed E-state index contributed by atoms with van der Waals surface area (Å²) < 4.78 is 23.7. The molecule has 0 aromatic heterocycles. The fourth-order valence-electron chi connectivity index (χ4n) is 8.12. The van der Waals surface area contributed by atoms with E-state index in [0.29, 0.717) is 23.9 Å². The van der Waals surface area contributed by atoms with Gasteiger partial charge in [-0.3, -0.25) is 13.8 Å². The van der Waals surface area contributed by atoms with Crippen molar-refractivity contribution >= 4 is 13.7 Å². The van der Waals surface area contributed by atoms with E-state index >= 15 is 0 Å². The molecule has 0 radical (unpaired) electrons. The molecule has 0 fully saturated rings. The number of unbranched alkanes of at least 4 members (excludes halogenated alkanes) is 31. The summed E-state index contributed by atoms with van der Waals surface area (Å²) in [6, 6.07) is -0.770. The van der Waals surface area contributed by atoms with E-state index in [-0.39, 0.29) is 19.1 Å². The third kappa shape index (κ3) is 48.6. The van der Waals surface area contributed by atoms with E-state index in [1.165, 1.54) is 154 Å². The number of allylic oxidation sites excluding steroid dienone is 6. The first-order valence-electron chi connectivity index (χ1n) is 27.4. The molecule has 0 aliphatic rings. The number of nitrogens with zero attached hydrogens (tertiary/aromatic N) is 1. The maximum absolute atomic E-state index is 12.9. The predicted molar refractivity (Wildman–Crippen MR) is 277 cm³/mol. The summed E-state index contributed by atoms with van der Waals surface area (Å²) in [7, 11) is 1.61. The van der Waals surface area contributed by atoms with E-state index in [0.717, 1.165) is 77.0 Å². The van der Waals surface area contributed by atoms with Crippen molar-refractivity contribution in [1.82, 2.24) is 5.32 Å². The summed E-state index contributed by atoms with van der Waals surface area (Å²) in [5, 5.41) is 14.0. The first-order valence-corrected chi connectivity index (χ1v) is 28.8. The minimum Gasteiger partial charge on any atom is -0.391 e. The highest BCUT2D eigenvalue weighted by molar-refractivity contribution is 7.47. The average Bonchev–Trinajstić information content (AvgIpc) is 3.25. The van der Waals surface area contributed by atoms with Gasteiger partial charge in [-0.1, -0.05) is 243 Å². The summed E-state index contributed by atoms with van der Waals surface area (Å²) >= 11 is 0. The van der Waals surface area contributed by atoms with Crippen molar-refractivity contribution in [3.05, 3.63) is 36.5 Å². The SMILES string of the molecule is CC/C=C\C/C=C\C/C=C\CCCCCCCC(=O)NC(COP(=O)(O)OCC[N+](C)(C)C)C(O)CCCCCCCCCCCCCCCCCCCCCCCCCCCCC. The van der Waals surface area contributed by atoms with Crippen molar-refractivity contribution in [2.75, 3.05) is 40.9 Å². The second-order valence-electron chi connectivity index (χ2n) is 19.9. The van der Waals surface area contributed by atoms with Crippen LogP contribution in [0.3, 0.4) is 0 Å². The molecule has 0 rings (SSSR count). The van der Waals surface area contributed by atoms with Crippen LogP contribution in [0.15, 0.2) is 36.5 Å². The van der Waals surface area contributed by atoms with Crippen molar-refractivity contribution in [2.45, 2.75) is 270 Å². The number of carbonyl (C=O) groups excluding carboxylic acids is 1. The van der Waals surface area contributed by atoms with Gasteiger partial charge in [0, 0.05) is 6.42 Å². The zero-order valence-electron chi connectivity index (χ0n) is 43.0. The van der Waals surface area contributed by atoms with Crippen molar-refractivity contribution in [2.24, 2.45) is 0 Å². The molecule has 0 aromatic rings. The molecule has 9 heteroatoms. The Morgan fingerprint density at radius 2 is 0.938 bits per heavy atom. The lowest BCUT2D eigenvalue weighted by molar-refractivity contribution is -0.870. The minimum atomic E-state index is -4.33. The molecule has 0 heterocycles. The minimum absolute atomic E-state index is 0.0707. The monoisotopic (exact) mass is 924 g/mol. The van der Waals surface area contributed by atoms with Crippen molar-refractivity contribution in [1.29, 1.82) is 0 Å². The van der Waals surface area contributed by atoms with E-state index in [4.69, 9.17) is 9.05 Å². The molecule has 0 saturated heterocycles. The van der Waals surface area contributed by atoms with Crippen LogP contribution in [0.1, 0.15) is 258 Å². The fraction of sp³-hybridized carbons (Fsp3) is 0.873. The zero-order chi connectivity index (χ0) is 47.1. The van der Waals surface area contributed by atoms with Crippen LogP contribution in [-0.4, -0.2) is 73.4 Å². The van der Waals surface area contributed by atoms with Gasteiger partial charge in [0.25, 0.3) is 0 Å². The molecule has 1 amide bonds. The highest BCUT2D eigenvalue weighted by Crippen LogP contribution is 2.43. The standard InChI is InChI=1S/C55H107N2O6P/c1-6-8-10-12-14-16-18-20-22-23-24-25-26-27-28-29-30-31-32-33-35-36-38-40-42-44-46-48-54(58)53(52-63-64(60,61)62-51-50-57(3,4)5)56-55(59)49-47-45-43-41-39-37-34-21-19-17-15-13-11-9-7-2/h9,11,15,17,21,34,53-54,58H,6-8,10,12-14,16,18-20,22-33,35-52H2,1-5H3,(H-,56,59,60,61)/p+1/b11-9-,17-15-,34-21-. The highest BCUT2D eigenvalue weighted by atomic mass is 31.2. The number of quaternary nitrogens is 1. The molecule has 0 spiro atoms. The number of aliphatic hydroxyl groups excluding tert-OH is 1. The van der Waals surface area contributed by atoms with Gasteiger partial charge in [0.05, 0.1) is 39.9 Å². The second kappa shape index (κ2) is 46.8. The van der Waals surface area contributed by atoms with E-state index in [9.17, 15) is 19.4 Å². The fourth-order valence-corrected chi connectivity index (χ4v) is 8.86. The lowest BCUT2D eigenvalue weighted by atomic mass is 10.0. The van der Waals surface area contributed by atoms with Gasteiger partial charge in [-0.05, 0) is 44.9 Å². The summed E-state index contributed by atoms with van der Waals surface area (Å²) in [6.45, 7) is 4.78. The summed E-state index contributed by atoms with van der Waals surface area (Å²) in [5.41, 5.74) is 0. The molecule has 3 atom stereocenters. The quantitative estimate of drug-likeness (QED) is 0.0243. The van der Waals surface area contributed by atoms with Crippen LogP contribution in [0, 0.1) is 0 Å². The Morgan fingerprint density at radius 3 is 1.38 bits per heavy atom. The Kier molecular flexibility index (Phi) is 45.9. The molecule has 0 aliphatic heterocycles. The second-order valence-corrected chi connectivity index (χ2v) is 21.4. The van der Waals surface area contributed by atoms with E-state index in [1.807, 2.05) is 21.1 Å². The molecule has 378 valence electrons. The smallest absolute Gasteiger partial charge is 0.391 e. The molecule has 0 saturated carbocycles. The van der Waals surface area contributed by atoms with Gasteiger partial charge in [0.1, 0.15) is 13.2 Å². The molecule has 3 N–H and O–H groups in total. The Balaban J connectivity index is 4.13. The summed E-state index contributed by atoms with van der Waals surface area (Å²) in [6.07, 6.45) is 59.2. The number of hydrogen-bond acceptors (Lipinski definition) is 5. The van der Waals surface area contributed by atoms with Gasteiger partial charge in [0.2, 0.25) is 5.91 Å². The van der Waals surface area contributed by atoms with Gasteiger partial charge < -0.3 is 19.8 Å². The lowest BCUT2D eigenvalue weighted by Gasteiger charge is -2.26. The van der Waals surface area contributed by atoms with E-state index in [2.05, 4.69) is 55.6 Å². The molecule has 0 aliphatic carbocycles. The Bertz CT molecular complexity index is 1140. The Labute approximate surface area is 397 Å². The number of phosphoric ester groups is 1. The number of carbonyl (C=O) groups is 1. The topological polar surface area (TPSA) is 105 Å². The molecular weight excluding hydrogens is 816 g/mol. The maximum atomic E-state index is 12.9. The van der Waals surface area contributed by atoms with Crippen LogP contribution in [0.4, 0.5) is 0 Å². The molecule has 3 unspecified atom stereocenters. The lowest BCUT2D eigenvalue weighted by Crippen LogP contribution is -2.46.